The molecule has 2 aliphatic rings. The predicted molar refractivity (Wildman–Crippen MR) is 147 cm³/mol. The SMILES string of the molecule is BC1CC(B)(N2Cc3cc(C(B)N(B)C(=O)C(F)(F)c4ccc(Cl)cc4)ccc3C2=O)C(=O)N(B)C1=O. The van der Waals surface area contributed by atoms with E-state index in [2.05, 4.69) is 0 Å². The molecule has 0 aromatic heterocycles. The molecule has 0 aliphatic carbocycles. The highest BCUT2D eigenvalue weighted by Gasteiger charge is 2.52. The molecule has 0 saturated carbocycles. The average Bonchev–Trinajstić information content (AvgIpc) is 3.21. The van der Waals surface area contributed by atoms with Crippen LogP contribution in [0.5, 0.6) is 0 Å². The monoisotopic (exact) mass is 521 g/mol. The molecule has 7 nitrogen and oxygen atoms in total. The maximum absolute atomic E-state index is 15.0. The summed E-state index contributed by atoms with van der Waals surface area (Å²) < 4.78 is 29.9. The Morgan fingerprint density at radius 1 is 1.16 bits per heavy atom. The van der Waals surface area contributed by atoms with Gasteiger partial charge < -0.3 is 14.5 Å². The van der Waals surface area contributed by atoms with Crippen molar-refractivity contribution in [2.24, 2.45) is 0 Å². The van der Waals surface area contributed by atoms with Crippen molar-refractivity contribution in [2.45, 2.75) is 36.1 Å². The van der Waals surface area contributed by atoms with Crippen molar-refractivity contribution in [1.82, 2.24) is 14.5 Å². The van der Waals surface area contributed by atoms with Gasteiger partial charge in [0.1, 0.15) is 23.5 Å². The van der Waals surface area contributed by atoms with Crippen LogP contribution in [0.15, 0.2) is 42.5 Å². The highest BCUT2D eigenvalue weighted by Crippen LogP contribution is 2.38. The van der Waals surface area contributed by atoms with Crippen molar-refractivity contribution in [1.29, 1.82) is 0 Å². The Morgan fingerprint density at radius 3 is 2.41 bits per heavy atom. The molecule has 3 atom stereocenters. The second kappa shape index (κ2) is 9.38. The minimum atomic E-state index is -3.76. The Morgan fingerprint density at radius 2 is 1.78 bits per heavy atom. The molecule has 2 aliphatic heterocycles. The first-order valence-electron chi connectivity index (χ1n) is 11.9. The van der Waals surface area contributed by atoms with E-state index >= 15 is 0 Å². The lowest BCUT2D eigenvalue weighted by Crippen LogP contribution is -2.65. The molecule has 0 radical (unpaired) electrons. The Kier molecular flexibility index (Phi) is 6.86. The lowest BCUT2D eigenvalue weighted by atomic mass is 9.61. The number of rotatable bonds is 5. The molecule has 1 saturated heterocycles. The van der Waals surface area contributed by atoms with Crippen LogP contribution in [0, 0.1) is 0 Å². The van der Waals surface area contributed by atoms with Crippen LogP contribution in [-0.2, 0) is 26.9 Å². The summed E-state index contributed by atoms with van der Waals surface area (Å²) in [5, 5.41) is 0.284. The number of nitrogens with zero attached hydrogens (tertiary/aromatic N) is 3. The number of piperidine rings is 1. The lowest BCUT2D eigenvalue weighted by Gasteiger charge is -2.45. The highest BCUT2D eigenvalue weighted by molar-refractivity contribution is 6.42. The summed E-state index contributed by atoms with van der Waals surface area (Å²) in [5.41, 5.74) is -0.0631. The molecule has 3 unspecified atom stereocenters. The van der Waals surface area contributed by atoms with Crippen LogP contribution in [0.3, 0.4) is 0 Å². The van der Waals surface area contributed by atoms with Gasteiger partial charge in [-0.05, 0) is 35.7 Å². The first-order valence-corrected chi connectivity index (χ1v) is 12.3. The minimum absolute atomic E-state index is 0.129. The third kappa shape index (κ3) is 4.39. The van der Waals surface area contributed by atoms with Gasteiger partial charge in [0.2, 0.25) is 27.8 Å². The van der Waals surface area contributed by atoms with Gasteiger partial charge in [-0.3, -0.25) is 19.2 Å². The molecule has 2 heterocycles. The van der Waals surface area contributed by atoms with E-state index in [0.717, 1.165) is 21.8 Å². The van der Waals surface area contributed by atoms with Crippen molar-refractivity contribution in [3.05, 3.63) is 69.7 Å². The Bertz CT molecular complexity index is 1320. The summed E-state index contributed by atoms with van der Waals surface area (Å²) in [5.74, 6) is -7.35. The van der Waals surface area contributed by atoms with E-state index in [0.29, 0.717) is 16.7 Å². The molecule has 4 rings (SSSR count). The molecular weight excluding hydrogens is 498 g/mol. The fourth-order valence-electron chi connectivity index (χ4n) is 5.19. The van der Waals surface area contributed by atoms with Crippen LogP contribution in [-0.4, -0.2) is 83.1 Å². The number of fused-ring (bicyclic) bond motifs is 1. The van der Waals surface area contributed by atoms with Gasteiger partial charge in [-0.25, -0.2) is 0 Å². The van der Waals surface area contributed by atoms with Crippen LogP contribution in [0.2, 0.25) is 10.8 Å². The molecule has 1 fully saturated rings. The van der Waals surface area contributed by atoms with E-state index in [4.69, 9.17) is 11.6 Å². The second-order valence-electron chi connectivity index (χ2n) is 10.1. The van der Waals surface area contributed by atoms with Gasteiger partial charge in [-0.1, -0.05) is 35.9 Å². The number of hydrogen-bond acceptors (Lipinski definition) is 4. The highest BCUT2D eigenvalue weighted by atomic mass is 35.5. The standard InChI is InChI=1S/C22H23B5ClF2N3O4/c23-15-8-21(25,19(36)33(27)18(15)35)31-9-11-7-10(1-6-14(11)17(31)34)16(24)32(26)20(37)22(29,30)12-2-4-13(28)5-3-12/h1-7,15-16H,8-9,23-27H2. The smallest absolute Gasteiger partial charge is 0.348 e. The largest absolute Gasteiger partial charge is 0.389 e. The summed E-state index contributed by atoms with van der Waals surface area (Å²) in [6.45, 7) is 0.129. The van der Waals surface area contributed by atoms with E-state index < -0.39 is 40.5 Å². The van der Waals surface area contributed by atoms with E-state index in [1.807, 2.05) is 0 Å². The number of carbonyl (C=O) groups is 4. The average molecular weight is 521 g/mol. The Labute approximate surface area is 222 Å². The van der Waals surface area contributed by atoms with Crippen LogP contribution >= 0.6 is 11.6 Å². The van der Waals surface area contributed by atoms with Gasteiger partial charge in [0.25, 0.3) is 11.8 Å². The number of alkyl halides is 2. The molecule has 37 heavy (non-hydrogen) atoms. The minimum Gasteiger partial charge on any atom is -0.389 e. The summed E-state index contributed by atoms with van der Waals surface area (Å²) in [6, 6.07) is 9.76. The van der Waals surface area contributed by atoms with Crippen LogP contribution in [0.25, 0.3) is 0 Å². The van der Waals surface area contributed by atoms with Gasteiger partial charge in [0.05, 0.1) is 5.44 Å². The molecule has 0 N–H and O–H groups in total. The molecule has 15 heteroatoms. The van der Waals surface area contributed by atoms with Crippen molar-refractivity contribution >= 4 is 74.7 Å². The van der Waals surface area contributed by atoms with E-state index in [9.17, 15) is 28.0 Å². The maximum Gasteiger partial charge on any atom is 0.348 e. The van der Waals surface area contributed by atoms with E-state index in [-0.39, 0.29) is 29.8 Å². The number of hydrogen-bond donors (Lipinski definition) is 0. The summed E-state index contributed by atoms with van der Waals surface area (Å²) in [7, 11) is 7.73. The Hall–Kier alpha value is -3.01. The quantitative estimate of drug-likeness (QED) is 0.343. The normalized spacial score (nSPS) is 22.7. The number of carbonyl (C=O) groups excluding carboxylic acids is 4. The third-order valence-electron chi connectivity index (χ3n) is 7.61. The maximum atomic E-state index is 15.0. The molecule has 4 amide bonds. The fraction of sp³-hybridized carbons (Fsp3) is 0.273. The summed E-state index contributed by atoms with van der Waals surface area (Å²) in [6.07, 6.45) is 0.203. The van der Waals surface area contributed by atoms with Gasteiger partial charge in [0, 0.05) is 34.5 Å². The number of halogens is 3. The fourth-order valence-corrected chi connectivity index (χ4v) is 5.32. The van der Waals surface area contributed by atoms with Crippen molar-refractivity contribution in [3.63, 3.8) is 0 Å². The number of amides is 4. The Balaban J connectivity index is 1.57. The van der Waals surface area contributed by atoms with E-state index in [1.54, 1.807) is 41.7 Å². The zero-order valence-corrected chi connectivity index (χ0v) is 22.0. The zero-order valence-electron chi connectivity index (χ0n) is 21.2. The van der Waals surface area contributed by atoms with Crippen molar-refractivity contribution in [2.75, 3.05) is 0 Å². The van der Waals surface area contributed by atoms with Crippen LogP contribution in [0.1, 0.15) is 39.4 Å². The van der Waals surface area contributed by atoms with Gasteiger partial charge in [-0.15, -0.1) is 0 Å². The van der Waals surface area contributed by atoms with E-state index in [1.165, 1.54) is 33.0 Å². The molecule has 0 spiro atoms. The third-order valence-corrected chi connectivity index (χ3v) is 7.86. The van der Waals surface area contributed by atoms with Gasteiger partial charge in [0.15, 0.2) is 0 Å². The molecule has 2 aromatic carbocycles. The zero-order chi connectivity index (χ0) is 27.4. The van der Waals surface area contributed by atoms with Crippen molar-refractivity contribution in [3.8, 4) is 0 Å². The van der Waals surface area contributed by atoms with Gasteiger partial charge >= 0.3 is 5.92 Å². The summed E-state index contributed by atoms with van der Waals surface area (Å²) >= 11 is 5.78. The topological polar surface area (TPSA) is 78.0 Å². The first-order chi connectivity index (χ1) is 17.2. The molecule has 2 aromatic rings. The lowest BCUT2D eigenvalue weighted by molar-refractivity contribution is -0.154. The number of benzene rings is 2. The molecule has 186 valence electrons. The second-order valence-corrected chi connectivity index (χ2v) is 10.5. The first kappa shape index (κ1) is 27.0. The number of imide groups is 1. The van der Waals surface area contributed by atoms with Crippen LogP contribution in [0.4, 0.5) is 8.78 Å². The summed E-state index contributed by atoms with van der Waals surface area (Å²) in [4.78, 5) is 54.9. The molecular formula is C22H23B5ClF2N3O4. The van der Waals surface area contributed by atoms with Crippen molar-refractivity contribution < 1.29 is 28.0 Å². The van der Waals surface area contributed by atoms with Crippen LogP contribution < -0.4 is 0 Å². The predicted octanol–water partition coefficient (Wildman–Crippen LogP) is -1.85. The molecule has 0 bridgehead atoms. The van der Waals surface area contributed by atoms with Gasteiger partial charge in [-0.2, -0.15) is 8.78 Å².